The highest BCUT2D eigenvalue weighted by Crippen LogP contribution is 2.27. The van der Waals surface area contributed by atoms with Crippen molar-refractivity contribution in [3.63, 3.8) is 0 Å². The van der Waals surface area contributed by atoms with Gasteiger partial charge >= 0.3 is 5.97 Å². The number of esters is 1. The van der Waals surface area contributed by atoms with Gasteiger partial charge in [-0.3, -0.25) is 4.79 Å². The second-order valence-electron chi connectivity index (χ2n) is 5.28. The van der Waals surface area contributed by atoms with Crippen molar-refractivity contribution < 1.29 is 18.7 Å². The van der Waals surface area contributed by atoms with Crippen LogP contribution in [0.4, 0.5) is 10.1 Å². The molecule has 1 aliphatic rings. The van der Waals surface area contributed by atoms with Crippen LogP contribution in [0, 0.1) is 5.82 Å². The number of halogens is 3. The number of rotatable bonds is 3. The number of carbonyl (C=O) groups is 2. The van der Waals surface area contributed by atoms with E-state index in [1.807, 2.05) is 0 Å². The number of hydrogen-bond donors (Lipinski definition) is 0. The SMILES string of the molecule is O=C(Oc1ccc(N2CCCC2=O)cc1)c1cc(F)c(Cl)cc1Cl. The molecule has 0 aromatic heterocycles. The summed E-state index contributed by atoms with van der Waals surface area (Å²) in [6, 6.07) is 8.60. The molecule has 0 atom stereocenters. The monoisotopic (exact) mass is 367 g/mol. The fourth-order valence-electron chi connectivity index (χ4n) is 2.46. The molecule has 0 N–H and O–H groups in total. The van der Waals surface area contributed by atoms with Gasteiger partial charge in [-0.25, -0.2) is 9.18 Å². The molecular weight excluding hydrogens is 356 g/mol. The number of nitrogens with zero attached hydrogens (tertiary/aromatic N) is 1. The van der Waals surface area contributed by atoms with E-state index in [-0.39, 0.29) is 27.3 Å². The molecule has 7 heteroatoms. The molecule has 1 heterocycles. The minimum Gasteiger partial charge on any atom is -0.423 e. The standard InChI is InChI=1S/C17H12Cl2FNO3/c18-13-9-14(19)15(20)8-12(13)17(23)24-11-5-3-10(4-6-11)21-7-1-2-16(21)22/h3-6,8-9H,1-2,7H2. The predicted molar refractivity (Wildman–Crippen MR) is 89.4 cm³/mol. The van der Waals surface area contributed by atoms with E-state index in [9.17, 15) is 14.0 Å². The van der Waals surface area contributed by atoms with Crippen molar-refractivity contribution >= 4 is 40.8 Å². The zero-order chi connectivity index (χ0) is 17.3. The number of carbonyl (C=O) groups excluding carboxylic acids is 2. The Hall–Kier alpha value is -2.11. The Kier molecular flexibility index (Phi) is 4.73. The van der Waals surface area contributed by atoms with Crippen LogP contribution in [0.5, 0.6) is 5.75 Å². The van der Waals surface area contributed by atoms with Crippen molar-refractivity contribution in [3.05, 3.63) is 57.8 Å². The van der Waals surface area contributed by atoms with Crippen LogP contribution in [-0.4, -0.2) is 18.4 Å². The summed E-state index contributed by atoms with van der Waals surface area (Å²) < 4.78 is 18.7. The summed E-state index contributed by atoms with van der Waals surface area (Å²) in [5, 5.41) is -0.165. The highest BCUT2D eigenvalue weighted by Gasteiger charge is 2.22. The van der Waals surface area contributed by atoms with Crippen LogP contribution >= 0.6 is 23.2 Å². The zero-order valence-electron chi connectivity index (χ0n) is 12.4. The number of benzene rings is 2. The second-order valence-corrected chi connectivity index (χ2v) is 6.09. The molecule has 0 aliphatic carbocycles. The van der Waals surface area contributed by atoms with Gasteiger partial charge in [-0.05, 0) is 42.8 Å². The topological polar surface area (TPSA) is 46.6 Å². The first-order chi connectivity index (χ1) is 11.5. The highest BCUT2D eigenvalue weighted by atomic mass is 35.5. The van der Waals surface area contributed by atoms with Gasteiger partial charge in [0.15, 0.2) is 0 Å². The van der Waals surface area contributed by atoms with Crippen LogP contribution in [0.2, 0.25) is 10.0 Å². The van der Waals surface area contributed by atoms with Crippen molar-refractivity contribution in [2.75, 3.05) is 11.4 Å². The van der Waals surface area contributed by atoms with Gasteiger partial charge in [0.1, 0.15) is 11.6 Å². The van der Waals surface area contributed by atoms with Gasteiger partial charge < -0.3 is 9.64 Å². The molecule has 24 heavy (non-hydrogen) atoms. The molecule has 2 aromatic carbocycles. The molecule has 1 fully saturated rings. The summed E-state index contributed by atoms with van der Waals surface area (Å²) in [7, 11) is 0. The first-order valence-electron chi connectivity index (χ1n) is 7.23. The van der Waals surface area contributed by atoms with E-state index in [4.69, 9.17) is 27.9 Å². The molecule has 3 rings (SSSR count). The fourth-order valence-corrected chi connectivity index (χ4v) is 2.92. The lowest BCUT2D eigenvalue weighted by atomic mass is 10.2. The lowest BCUT2D eigenvalue weighted by Crippen LogP contribution is -2.23. The summed E-state index contributed by atoms with van der Waals surface area (Å²) >= 11 is 11.5. The molecule has 0 saturated carbocycles. The van der Waals surface area contributed by atoms with Crippen molar-refractivity contribution in [2.24, 2.45) is 0 Å². The summed E-state index contributed by atoms with van der Waals surface area (Å²) in [6.07, 6.45) is 1.37. The summed E-state index contributed by atoms with van der Waals surface area (Å²) in [5.41, 5.74) is 0.630. The Morgan fingerprint density at radius 1 is 1.12 bits per heavy atom. The molecule has 2 aromatic rings. The normalized spacial score (nSPS) is 14.1. The van der Waals surface area contributed by atoms with Crippen LogP contribution < -0.4 is 9.64 Å². The van der Waals surface area contributed by atoms with Gasteiger partial charge in [0, 0.05) is 18.7 Å². The quantitative estimate of drug-likeness (QED) is 0.456. The number of amides is 1. The van der Waals surface area contributed by atoms with Crippen LogP contribution in [0.25, 0.3) is 0 Å². The van der Waals surface area contributed by atoms with E-state index in [1.54, 1.807) is 29.2 Å². The van der Waals surface area contributed by atoms with Crippen molar-refractivity contribution in [2.45, 2.75) is 12.8 Å². The lowest BCUT2D eigenvalue weighted by Gasteiger charge is -2.15. The Morgan fingerprint density at radius 3 is 2.46 bits per heavy atom. The van der Waals surface area contributed by atoms with Crippen molar-refractivity contribution in [1.29, 1.82) is 0 Å². The average Bonchev–Trinajstić information content (AvgIpc) is 2.97. The molecule has 0 unspecified atom stereocenters. The Morgan fingerprint density at radius 2 is 1.83 bits per heavy atom. The third-order valence-corrected chi connectivity index (χ3v) is 4.26. The van der Waals surface area contributed by atoms with E-state index in [0.29, 0.717) is 13.0 Å². The van der Waals surface area contributed by atoms with Gasteiger partial charge in [0.25, 0.3) is 0 Å². The number of anilines is 1. The van der Waals surface area contributed by atoms with Crippen LogP contribution in [0.15, 0.2) is 36.4 Å². The van der Waals surface area contributed by atoms with Crippen molar-refractivity contribution in [1.82, 2.24) is 0 Å². The van der Waals surface area contributed by atoms with Gasteiger partial charge in [-0.15, -0.1) is 0 Å². The Balaban J connectivity index is 1.75. The van der Waals surface area contributed by atoms with Gasteiger partial charge in [-0.2, -0.15) is 0 Å². The first kappa shape index (κ1) is 16.7. The molecule has 1 aliphatic heterocycles. The van der Waals surface area contributed by atoms with Gasteiger partial charge in [0.2, 0.25) is 5.91 Å². The second kappa shape index (κ2) is 6.79. The van der Waals surface area contributed by atoms with Gasteiger partial charge in [-0.1, -0.05) is 23.2 Å². The maximum Gasteiger partial charge on any atom is 0.345 e. The smallest absolute Gasteiger partial charge is 0.345 e. The predicted octanol–water partition coefficient (Wildman–Crippen LogP) is 4.48. The highest BCUT2D eigenvalue weighted by molar-refractivity contribution is 6.36. The Labute approximate surface area is 147 Å². The third-order valence-electron chi connectivity index (χ3n) is 3.66. The van der Waals surface area contributed by atoms with E-state index in [0.717, 1.165) is 24.2 Å². The van der Waals surface area contributed by atoms with Gasteiger partial charge in [0.05, 0.1) is 15.6 Å². The minimum atomic E-state index is -0.791. The van der Waals surface area contributed by atoms with E-state index < -0.39 is 11.8 Å². The van der Waals surface area contributed by atoms with E-state index >= 15 is 0 Å². The molecule has 1 amide bonds. The largest absolute Gasteiger partial charge is 0.423 e. The van der Waals surface area contributed by atoms with E-state index in [2.05, 4.69) is 0 Å². The molecular formula is C17H12Cl2FNO3. The number of ether oxygens (including phenoxy) is 1. The molecule has 124 valence electrons. The molecule has 1 saturated heterocycles. The fraction of sp³-hybridized carbons (Fsp3) is 0.176. The zero-order valence-corrected chi connectivity index (χ0v) is 13.9. The average molecular weight is 368 g/mol. The Bertz CT molecular complexity index is 808. The first-order valence-corrected chi connectivity index (χ1v) is 7.98. The summed E-state index contributed by atoms with van der Waals surface area (Å²) in [4.78, 5) is 25.5. The van der Waals surface area contributed by atoms with Crippen LogP contribution in [-0.2, 0) is 4.79 Å². The molecule has 0 radical (unpaired) electrons. The molecule has 0 spiro atoms. The van der Waals surface area contributed by atoms with Crippen LogP contribution in [0.3, 0.4) is 0 Å². The van der Waals surface area contributed by atoms with E-state index in [1.165, 1.54) is 0 Å². The number of hydrogen-bond acceptors (Lipinski definition) is 3. The van der Waals surface area contributed by atoms with Crippen LogP contribution in [0.1, 0.15) is 23.2 Å². The third kappa shape index (κ3) is 3.37. The van der Waals surface area contributed by atoms with Crippen molar-refractivity contribution in [3.8, 4) is 5.75 Å². The lowest BCUT2D eigenvalue weighted by molar-refractivity contribution is -0.117. The maximum absolute atomic E-state index is 13.5. The maximum atomic E-state index is 13.5. The molecule has 4 nitrogen and oxygen atoms in total. The summed E-state index contributed by atoms with van der Waals surface area (Å²) in [5.74, 6) is -1.21. The summed E-state index contributed by atoms with van der Waals surface area (Å²) in [6.45, 7) is 0.678. The minimum absolute atomic E-state index is 0.00526. The molecule has 0 bridgehead atoms.